The Kier molecular flexibility index (Phi) is 9.57. The molecule has 0 aromatic heterocycles. The Morgan fingerprint density at radius 2 is 1.70 bits per heavy atom. The van der Waals surface area contributed by atoms with Crippen LogP contribution in [0.5, 0.6) is 0 Å². The largest absolute Gasteiger partial charge is 0.388 e. The highest BCUT2D eigenvalue weighted by molar-refractivity contribution is 5.94. The molecule has 2 aliphatic heterocycles. The molecule has 0 bridgehead atoms. The summed E-state index contributed by atoms with van der Waals surface area (Å²) in [6, 6.07) is 4.79. The van der Waals surface area contributed by atoms with Crippen LogP contribution in [-0.2, 0) is 9.53 Å². The summed E-state index contributed by atoms with van der Waals surface area (Å²) in [6.07, 6.45) is -1.22. The number of hydrogen-bond acceptors (Lipinski definition) is 7. The number of hydrogen-bond donors (Lipinski definition) is 4. The van der Waals surface area contributed by atoms with E-state index < -0.39 is 30.0 Å². The average Bonchev–Trinajstić information content (AvgIpc) is 3.35. The van der Waals surface area contributed by atoms with E-state index in [1.54, 1.807) is 4.90 Å². The van der Waals surface area contributed by atoms with Gasteiger partial charge in [-0.05, 0) is 56.5 Å². The Morgan fingerprint density at radius 1 is 0.970 bits per heavy atom. The number of nitrogens with zero attached hydrogens (tertiary/aromatic N) is 2. The molecule has 2 fully saturated rings. The average molecular weight is 468 g/mol. The first-order valence-corrected chi connectivity index (χ1v) is 11.6. The molecular weight excluding hydrogens is 433 g/mol. The van der Waals surface area contributed by atoms with Gasteiger partial charge in [-0.15, -0.1) is 0 Å². The van der Waals surface area contributed by atoms with Crippen molar-refractivity contribution in [2.45, 2.75) is 50.0 Å². The molecule has 2 heterocycles. The highest BCUT2D eigenvalue weighted by atomic mass is 19.1. The Hall–Kier alpha value is -2.11. The summed E-state index contributed by atoms with van der Waals surface area (Å²) in [5, 5.41) is 34.1. The number of rotatable bonds is 2. The lowest BCUT2D eigenvalue weighted by Crippen LogP contribution is -2.51. The van der Waals surface area contributed by atoms with Crippen LogP contribution in [0.2, 0.25) is 0 Å². The summed E-state index contributed by atoms with van der Waals surface area (Å²) in [4.78, 5) is 29.2. The van der Waals surface area contributed by atoms with Crippen LogP contribution < -0.4 is 5.32 Å². The van der Waals surface area contributed by atoms with E-state index in [-0.39, 0.29) is 43.8 Å². The molecule has 4 atom stereocenters. The second-order valence-electron chi connectivity index (χ2n) is 8.64. The summed E-state index contributed by atoms with van der Waals surface area (Å²) in [5.41, 5.74) is 0.221. The molecule has 33 heavy (non-hydrogen) atoms. The van der Waals surface area contributed by atoms with Gasteiger partial charge >= 0.3 is 0 Å². The monoisotopic (exact) mass is 467 g/mol. The molecule has 0 unspecified atom stereocenters. The van der Waals surface area contributed by atoms with E-state index in [2.05, 4.69) is 5.32 Å². The third kappa shape index (κ3) is 7.18. The number of carbonyl (C=O) groups excluding carboxylic acids is 2. The van der Waals surface area contributed by atoms with Gasteiger partial charge in [-0.25, -0.2) is 4.39 Å². The first-order chi connectivity index (χ1) is 15.9. The number of amides is 2. The number of β-amino-alcohol motifs (C(OH)–C–C–N with tert-alkyl or cyclic N) is 1. The summed E-state index contributed by atoms with van der Waals surface area (Å²) in [6.45, 7) is 1.59. The lowest BCUT2D eigenvalue weighted by atomic mass is 10.1. The maximum Gasteiger partial charge on any atom is 0.254 e. The third-order valence-electron chi connectivity index (χ3n) is 6.14. The fraction of sp³-hybridized carbons (Fsp3) is 0.652. The minimum absolute atomic E-state index is 0.0225. The van der Waals surface area contributed by atoms with Crippen molar-refractivity contribution in [2.24, 2.45) is 0 Å². The van der Waals surface area contributed by atoms with Crippen LogP contribution in [0.15, 0.2) is 24.3 Å². The van der Waals surface area contributed by atoms with Gasteiger partial charge < -0.3 is 35.2 Å². The van der Waals surface area contributed by atoms with Gasteiger partial charge in [-0.1, -0.05) is 0 Å². The molecule has 1 aromatic rings. The number of nitrogens with one attached hydrogen (secondary N) is 1. The van der Waals surface area contributed by atoms with E-state index in [4.69, 9.17) is 4.74 Å². The van der Waals surface area contributed by atoms with E-state index >= 15 is 0 Å². The summed E-state index contributed by atoms with van der Waals surface area (Å²) >= 11 is 0. The SMILES string of the molecule is O=C(c1ccc(F)cc1)N1CCN(C(=O)[C@@H]2CCCN2)CCCCOC[C@@H](O)[C@H](O)[C@@H](O)C1. The van der Waals surface area contributed by atoms with Crippen LogP contribution in [0.25, 0.3) is 0 Å². The van der Waals surface area contributed by atoms with E-state index in [1.807, 2.05) is 0 Å². The third-order valence-corrected chi connectivity index (χ3v) is 6.14. The Morgan fingerprint density at radius 3 is 2.39 bits per heavy atom. The highest BCUT2D eigenvalue weighted by Crippen LogP contribution is 2.14. The molecule has 4 N–H and O–H groups in total. The topological polar surface area (TPSA) is 123 Å². The Labute approximate surface area is 193 Å². The van der Waals surface area contributed by atoms with Crippen molar-refractivity contribution in [3.63, 3.8) is 0 Å². The molecule has 9 nitrogen and oxygen atoms in total. The van der Waals surface area contributed by atoms with Gasteiger partial charge in [0.15, 0.2) is 0 Å². The van der Waals surface area contributed by atoms with Gasteiger partial charge in [0.1, 0.15) is 24.1 Å². The molecule has 184 valence electrons. The number of aliphatic hydroxyl groups is 3. The molecule has 1 aromatic carbocycles. The first kappa shape index (κ1) is 25.5. The highest BCUT2D eigenvalue weighted by Gasteiger charge is 2.31. The van der Waals surface area contributed by atoms with Crippen LogP contribution >= 0.6 is 0 Å². The molecule has 0 aliphatic carbocycles. The van der Waals surface area contributed by atoms with Crippen molar-refractivity contribution in [3.05, 3.63) is 35.6 Å². The standard InChI is InChI=1S/C23H34FN3O6/c24-17-7-5-16(6-8-17)22(31)27-12-11-26(23(32)18-4-3-9-25-18)10-1-2-13-33-15-20(29)21(30)19(28)14-27/h5-8,18-21,25,28-30H,1-4,9-15H2/t18-,19-,20+,21+/m0/s1. The summed E-state index contributed by atoms with van der Waals surface area (Å²) < 4.78 is 18.7. The zero-order chi connectivity index (χ0) is 23.8. The zero-order valence-electron chi connectivity index (χ0n) is 18.7. The number of carbonyl (C=O) groups is 2. The van der Waals surface area contributed by atoms with Crippen LogP contribution in [0.3, 0.4) is 0 Å². The molecule has 0 radical (unpaired) electrons. The van der Waals surface area contributed by atoms with Gasteiger partial charge in [-0.3, -0.25) is 9.59 Å². The van der Waals surface area contributed by atoms with Crippen LogP contribution in [0.1, 0.15) is 36.0 Å². The maximum absolute atomic E-state index is 13.3. The molecule has 2 amide bonds. The maximum atomic E-state index is 13.3. The normalized spacial score (nSPS) is 28.4. The second-order valence-corrected chi connectivity index (χ2v) is 8.64. The molecule has 3 rings (SSSR count). The molecule has 10 heteroatoms. The van der Waals surface area contributed by atoms with Crippen LogP contribution in [-0.4, -0.2) is 107 Å². The minimum Gasteiger partial charge on any atom is -0.388 e. The van der Waals surface area contributed by atoms with E-state index in [1.165, 1.54) is 29.2 Å². The van der Waals surface area contributed by atoms with Gasteiger partial charge in [0.2, 0.25) is 5.91 Å². The lowest BCUT2D eigenvalue weighted by molar-refractivity contribution is -0.133. The van der Waals surface area contributed by atoms with Gasteiger partial charge in [0.25, 0.3) is 5.91 Å². The van der Waals surface area contributed by atoms with Crippen molar-refractivity contribution < 1.29 is 34.0 Å². The molecule has 2 saturated heterocycles. The van der Waals surface area contributed by atoms with E-state index in [0.29, 0.717) is 26.0 Å². The van der Waals surface area contributed by atoms with Crippen molar-refractivity contribution in [1.82, 2.24) is 15.1 Å². The molecular formula is C23H34FN3O6. The second kappa shape index (κ2) is 12.4. The van der Waals surface area contributed by atoms with Crippen molar-refractivity contribution in [1.29, 1.82) is 0 Å². The van der Waals surface area contributed by atoms with E-state index in [9.17, 15) is 29.3 Å². The van der Waals surface area contributed by atoms with Gasteiger partial charge in [0.05, 0.1) is 12.6 Å². The van der Waals surface area contributed by atoms with E-state index in [0.717, 1.165) is 19.4 Å². The Bertz CT molecular complexity index is 774. The van der Waals surface area contributed by atoms with Gasteiger partial charge in [-0.2, -0.15) is 0 Å². The number of ether oxygens (including phenoxy) is 1. The number of benzene rings is 1. The Balaban J connectivity index is 1.79. The first-order valence-electron chi connectivity index (χ1n) is 11.6. The molecule has 0 saturated carbocycles. The predicted molar refractivity (Wildman–Crippen MR) is 118 cm³/mol. The number of halogens is 1. The smallest absolute Gasteiger partial charge is 0.254 e. The lowest BCUT2D eigenvalue weighted by Gasteiger charge is -2.33. The molecule has 0 spiro atoms. The number of aliphatic hydroxyl groups excluding tert-OH is 3. The van der Waals surface area contributed by atoms with Crippen molar-refractivity contribution >= 4 is 11.8 Å². The quantitative estimate of drug-likeness (QED) is 0.473. The fourth-order valence-corrected chi connectivity index (χ4v) is 4.14. The molecule has 2 aliphatic rings. The van der Waals surface area contributed by atoms with Gasteiger partial charge in [0, 0.05) is 38.3 Å². The zero-order valence-corrected chi connectivity index (χ0v) is 18.7. The van der Waals surface area contributed by atoms with Crippen LogP contribution in [0, 0.1) is 5.82 Å². The van der Waals surface area contributed by atoms with Crippen LogP contribution in [0.4, 0.5) is 4.39 Å². The minimum atomic E-state index is -1.52. The predicted octanol–water partition coefficient (Wildman–Crippen LogP) is -0.258. The van der Waals surface area contributed by atoms with Crippen molar-refractivity contribution in [3.8, 4) is 0 Å². The summed E-state index contributed by atoms with van der Waals surface area (Å²) in [7, 11) is 0. The summed E-state index contributed by atoms with van der Waals surface area (Å²) in [5.74, 6) is -0.969. The van der Waals surface area contributed by atoms with Crippen molar-refractivity contribution in [2.75, 3.05) is 45.9 Å². The fourth-order valence-electron chi connectivity index (χ4n) is 4.14.